The van der Waals surface area contributed by atoms with Crippen LogP contribution in [-0.2, 0) is 0 Å². The molecule has 2 N–H and O–H groups in total. The maximum atomic E-state index is 9.57. The van der Waals surface area contributed by atoms with Gasteiger partial charge in [-0.3, -0.25) is 5.43 Å². The number of anilines is 1. The summed E-state index contributed by atoms with van der Waals surface area (Å²) in [6.07, 6.45) is 1.65. The number of fused-ring (bicyclic) bond motifs is 1. The molecule has 3 rings (SSSR count). The van der Waals surface area contributed by atoms with Gasteiger partial charge < -0.3 is 9.52 Å². The second-order valence-electron chi connectivity index (χ2n) is 4.50. The molecule has 20 heavy (non-hydrogen) atoms. The van der Waals surface area contributed by atoms with E-state index in [-0.39, 0.29) is 5.75 Å². The Morgan fingerprint density at radius 2 is 1.95 bits per heavy atom. The summed E-state index contributed by atoms with van der Waals surface area (Å²) in [6.45, 7) is 1.89. The first-order valence-electron chi connectivity index (χ1n) is 6.30. The minimum absolute atomic E-state index is 0.212. The standard InChI is InChI=1S/C16H14N2O2/c1-11(17-18-12-5-3-2-4-6-12)15-10-20-16-8-7-13(19)9-14(15)16/h2-10,18-19H,1H3. The molecule has 0 saturated carbocycles. The highest BCUT2D eigenvalue weighted by atomic mass is 16.3. The molecule has 0 bridgehead atoms. The van der Waals surface area contributed by atoms with Crippen LogP contribution in [-0.4, -0.2) is 10.8 Å². The van der Waals surface area contributed by atoms with E-state index >= 15 is 0 Å². The van der Waals surface area contributed by atoms with Gasteiger partial charge in [0.1, 0.15) is 17.6 Å². The molecular weight excluding hydrogens is 252 g/mol. The summed E-state index contributed by atoms with van der Waals surface area (Å²) in [6, 6.07) is 14.7. The first-order chi connectivity index (χ1) is 9.74. The minimum atomic E-state index is 0.212. The van der Waals surface area contributed by atoms with E-state index in [1.165, 1.54) is 0 Å². The highest BCUT2D eigenvalue weighted by molar-refractivity contribution is 6.09. The van der Waals surface area contributed by atoms with Crippen molar-refractivity contribution in [3.05, 3.63) is 60.4 Å². The maximum Gasteiger partial charge on any atom is 0.134 e. The van der Waals surface area contributed by atoms with Crippen molar-refractivity contribution in [2.75, 3.05) is 5.43 Å². The summed E-state index contributed by atoms with van der Waals surface area (Å²) in [4.78, 5) is 0. The molecule has 0 unspecified atom stereocenters. The number of hydrogen-bond acceptors (Lipinski definition) is 4. The van der Waals surface area contributed by atoms with Crippen molar-refractivity contribution in [1.82, 2.24) is 0 Å². The Hall–Kier alpha value is -2.75. The number of hydrazone groups is 1. The van der Waals surface area contributed by atoms with Crippen LogP contribution >= 0.6 is 0 Å². The van der Waals surface area contributed by atoms with Crippen LogP contribution in [0.3, 0.4) is 0 Å². The van der Waals surface area contributed by atoms with Crippen LogP contribution in [0.1, 0.15) is 12.5 Å². The molecule has 0 amide bonds. The predicted octanol–water partition coefficient (Wildman–Crippen LogP) is 3.97. The molecule has 3 aromatic rings. The average Bonchev–Trinajstić information content (AvgIpc) is 2.89. The molecule has 4 heteroatoms. The molecule has 4 nitrogen and oxygen atoms in total. The zero-order chi connectivity index (χ0) is 13.9. The lowest BCUT2D eigenvalue weighted by atomic mass is 10.1. The quantitative estimate of drug-likeness (QED) is 0.557. The van der Waals surface area contributed by atoms with E-state index in [2.05, 4.69) is 10.5 Å². The lowest BCUT2D eigenvalue weighted by Crippen LogP contribution is -1.98. The summed E-state index contributed by atoms with van der Waals surface area (Å²) in [5.41, 5.74) is 6.29. The fourth-order valence-corrected chi connectivity index (χ4v) is 2.02. The summed E-state index contributed by atoms with van der Waals surface area (Å²) in [5.74, 6) is 0.212. The average molecular weight is 266 g/mol. The van der Waals surface area contributed by atoms with E-state index in [4.69, 9.17) is 4.42 Å². The Bertz CT molecular complexity index is 761. The van der Waals surface area contributed by atoms with Gasteiger partial charge >= 0.3 is 0 Å². The smallest absolute Gasteiger partial charge is 0.134 e. The SMILES string of the molecule is CC(=NNc1ccccc1)c1coc2ccc(O)cc12. The van der Waals surface area contributed by atoms with Gasteiger partial charge in [0, 0.05) is 10.9 Å². The van der Waals surface area contributed by atoms with Gasteiger partial charge in [-0.15, -0.1) is 0 Å². The first kappa shape index (κ1) is 12.3. The molecule has 2 aromatic carbocycles. The fraction of sp³-hybridized carbons (Fsp3) is 0.0625. The number of nitrogens with one attached hydrogen (secondary N) is 1. The van der Waals surface area contributed by atoms with Gasteiger partial charge in [-0.2, -0.15) is 5.10 Å². The van der Waals surface area contributed by atoms with Crippen molar-refractivity contribution in [1.29, 1.82) is 0 Å². The summed E-state index contributed by atoms with van der Waals surface area (Å²) >= 11 is 0. The number of para-hydroxylation sites is 1. The highest BCUT2D eigenvalue weighted by Crippen LogP contribution is 2.25. The van der Waals surface area contributed by atoms with E-state index in [1.54, 1.807) is 24.5 Å². The molecule has 0 atom stereocenters. The van der Waals surface area contributed by atoms with E-state index in [0.29, 0.717) is 0 Å². The van der Waals surface area contributed by atoms with Crippen molar-refractivity contribution in [3.8, 4) is 5.75 Å². The second-order valence-corrected chi connectivity index (χ2v) is 4.50. The van der Waals surface area contributed by atoms with Crippen molar-refractivity contribution >= 4 is 22.4 Å². The molecule has 0 saturated heterocycles. The van der Waals surface area contributed by atoms with Crippen molar-refractivity contribution in [2.45, 2.75) is 6.92 Å². The largest absolute Gasteiger partial charge is 0.508 e. The molecule has 0 spiro atoms. The molecule has 0 radical (unpaired) electrons. The molecule has 0 aliphatic carbocycles. The number of aromatic hydroxyl groups is 1. The van der Waals surface area contributed by atoms with Crippen LogP contribution in [0.2, 0.25) is 0 Å². The number of phenolic OH excluding ortho intramolecular Hbond substituents is 1. The Labute approximate surface area is 116 Å². The Morgan fingerprint density at radius 1 is 1.15 bits per heavy atom. The number of rotatable bonds is 3. The van der Waals surface area contributed by atoms with Crippen LogP contribution in [0.4, 0.5) is 5.69 Å². The molecule has 1 aromatic heterocycles. The van der Waals surface area contributed by atoms with Gasteiger partial charge in [0.05, 0.1) is 11.4 Å². The van der Waals surface area contributed by atoms with Crippen LogP contribution < -0.4 is 5.43 Å². The molecule has 0 aliphatic rings. The van der Waals surface area contributed by atoms with E-state index < -0.39 is 0 Å². The normalized spacial score (nSPS) is 11.8. The summed E-state index contributed by atoms with van der Waals surface area (Å²) in [7, 11) is 0. The number of phenols is 1. The van der Waals surface area contributed by atoms with Gasteiger partial charge in [-0.1, -0.05) is 18.2 Å². The monoisotopic (exact) mass is 266 g/mol. The molecule has 0 fully saturated rings. The number of hydrogen-bond donors (Lipinski definition) is 2. The predicted molar refractivity (Wildman–Crippen MR) is 80.2 cm³/mol. The van der Waals surface area contributed by atoms with Gasteiger partial charge in [-0.25, -0.2) is 0 Å². The van der Waals surface area contributed by atoms with Gasteiger partial charge in [-0.05, 0) is 37.3 Å². The van der Waals surface area contributed by atoms with Crippen LogP contribution in [0, 0.1) is 0 Å². The van der Waals surface area contributed by atoms with Gasteiger partial charge in [0.2, 0.25) is 0 Å². The fourth-order valence-electron chi connectivity index (χ4n) is 2.02. The van der Waals surface area contributed by atoms with Crippen LogP contribution in [0.5, 0.6) is 5.75 Å². The number of furan rings is 1. The second kappa shape index (κ2) is 5.09. The Kier molecular flexibility index (Phi) is 3.13. The summed E-state index contributed by atoms with van der Waals surface area (Å²) in [5, 5.41) is 14.8. The van der Waals surface area contributed by atoms with Crippen molar-refractivity contribution < 1.29 is 9.52 Å². The maximum absolute atomic E-state index is 9.57. The van der Waals surface area contributed by atoms with Crippen molar-refractivity contribution in [3.63, 3.8) is 0 Å². The molecular formula is C16H14N2O2. The third-order valence-corrected chi connectivity index (χ3v) is 3.07. The third-order valence-electron chi connectivity index (χ3n) is 3.07. The van der Waals surface area contributed by atoms with Crippen molar-refractivity contribution in [2.24, 2.45) is 5.10 Å². The zero-order valence-electron chi connectivity index (χ0n) is 11.0. The topological polar surface area (TPSA) is 57.8 Å². The highest BCUT2D eigenvalue weighted by Gasteiger charge is 2.09. The first-order valence-corrected chi connectivity index (χ1v) is 6.30. The van der Waals surface area contributed by atoms with Gasteiger partial charge in [0.15, 0.2) is 0 Å². The van der Waals surface area contributed by atoms with E-state index in [0.717, 1.165) is 27.9 Å². The van der Waals surface area contributed by atoms with Crippen LogP contribution in [0.25, 0.3) is 11.0 Å². The van der Waals surface area contributed by atoms with Crippen LogP contribution in [0.15, 0.2) is 64.3 Å². The molecule has 1 heterocycles. The molecule has 0 aliphatic heterocycles. The van der Waals surface area contributed by atoms with E-state index in [9.17, 15) is 5.11 Å². The lowest BCUT2D eigenvalue weighted by molar-refractivity contribution is 0.476. The summed E-state index contributed by atoms with van der Waals surface area (Å²) < 4.78 is 5.46. The van der Waals surface area contributed by atoms with Gasteiger partial charge in [0.25, 0.3) is 0 Å². The number of benzene rings is 2. The molecule has 100 valence electrons. The van der Waals surface area contributed by atoms with E-state index in [1.807, 2.05) is 37.3 Å². The Balaban J connectivity index is 1.92. The number of nitrogens with zero attached hydrogens (tertiary/aromatic N) is 1. The minimum Gasteiger partial charge on any atom is -0.508 e. The zero-order valence-corrected chi connectivity index (χ0v) is 11.0. The Morgan fingerprint density at radius 3 is 2.75 bits per heavy atom. The lowest BCUT2D eigenvalue weighted by Gasteiger charge is -2.02. The third kappa shape index (κ3) is 2.36.